The third-order valence-corrected chi connectivity index (χ3v) is 2.47. The molecule has 14 heavy (non-hydrogen) atoms. The van der Waals surface area contributed by atoms with Gasteiger partial charge >= 0.3 is 5.97 Å². The minimum absolute atomic E-state index is 0.270. The van der Waals surface area contributed by atoms with E-state index in [-0.39, 0.29) is 5.97 Å². The van der Waals surface area contributed by atoms with Gasteiger partial charge in [-0.25, -0.2) is 4.79 Å². The molecule has 72 valence electrons. The largest absolute Gasteiger partial charge is 0.447 e. The van der Waals surface area contributed by atoms with Crippen LogP contribution in [0.15, 0.2) is 36.4 Å². The monoisotopic (exact) mass is 188 g/mol. The zero-order valence-electron chi connectivity index (χ0n) is 8.28. The summed E-state index contributed by atoms with van der Waals surface area (Å²) in [4.78, 5) is 11.0. The lowest BCUT2D eigenvalue weighted by molar-refractivity contribution is -0.145. The van der Waals surface area contributed by atoms with Crippen LogP contribution < -0.4 is 0 Å². The fraction of sp³-hybridized carbons (Fsp3) is 0.250. The first-order valence-corrected chi connectivity index (χ1v) is 4.59. The maximum absolute atomic E-state index is 11.0. The van der Waals surface area contributed by atoms with Crippen molar-refractivity contribution in [3.05, 3.63) is 47.5 Å². The molecule has 1 atom stereocenters. The van der Waals surface area contributed by atoms with Crippen LogP contribution >= 0.6 is 0 Å². The normalized spacial score (nSPS) is 25.1. The minimum Gasteiger partial charge on any atom is -0.447 e. The molecule has 0 N–H and O–H groups in total. The van der Waals surface area contributed by atoms with Gasteiger partial charge in [-0.3, -0.25) is 0 Å². The van der Waals surface area contributed by atoms with Crippen molar-refractivity contribution in [3.63, 3.8) is 0 Å². The van der Waals surface area contributed by atoms with Crippen LogP contribution in [-0.4, -0.2) is 5.97 Å². The maximum Gasteiger partial charge on any atom is 0.331 e. The number of esters is 1. The molecule has 1 heterocycles. The van der Waals surface area contributed by atoms with Gasteiger partial charge in [-0.05, 0) is 25.5 Å². The van der Waals surface area contributed by atoms with E-state index in [0.29, 0.717) is 0 Å². The van der Waals surface area contributed by atoms with Gasteiger partial charge in [-0.15, -0.1) is 0 Å². The van der Waals surface area contributed by atoms with Gasteiger partial charge in [0.15, 0.2) is 5.60 Å². The first kappa shape index (κ1) is 9.00. The summed E-state index contributed by atoms with van der Waals surface area (Å²) in [7, 11) is 0. The molecule has 2 rings (SSSR count). The Kier molecular flexibility index (Phi) is 1.92. The molecule has 2 heteroatoms. The van der Waals surface area contributed by atoms with Gasteiger partial charge in [0, 0.05) is 6.08 Å². The van der Waals surface area contributed by atoms with Crippen molar-refractivity contribution in [1.29, 1.82) is 0 Å². The minimum atomic E-state index is -0.579. The molecule has 0 aromatic heterocycles. The molecule has 1 aliphatic heterocycles. The Labute approximate surface area is 83.2 Å². The van der Waals surface area contributed by atoms with E-state index in [2.05, 4.69) is 0 Å². The fourth-order valence-electron chi connectivity index (χ4n) is 1.54. The number of hydrogen-bond acceptors (Lipinski definition) is 2. The molecule has 0 saturated carbocycles. The van der Waals surface area contributed by atoms with E-state index in [0.717, 1.165) is 5.56 Å². The molecule has 2 nitrogen and oxygen atoms in total. The highest BCUT2D eigenvalue weighted by Gasteiger charge is 2.31. The summed E-state index contributed by atoms with van der Waals surface area (Å²) in [5.41, 5.74) is 1.63. The molecule has 1 aromatic carbocycles. The molecule has 1 aromatic rings. The van der Waals surface area contributed by atoms with Gasteiger partial charge < -0.3 is 4.74 Å². The van der Waals surface area contributed by atoms with Crippen LogP contribution in [-0.2, 0) is 15.1 Å². The van der Waals surface area contributed by atoms with Crippen LogP contribution in [0.4, 0.5) is 0 Å². The second-order valence-electron chi connectivity index (χ2n) is 3.73. The van der Waals surface area contributed by atoms with Crippen LogP contribution in [0.1, 0.15) is 18.1 Å². The van der Waals surface area contributed by atoms with Crippen LogP contribution in [0.5, 0.6) is 0 Å². The Bertz CT molecular complexity index is 389. The molecule has 0 saturated heterocycles. The van der Waals surface area contributed by atoms with Crippen molar-refractivity contribution in [2.75, 3.05) is 0 Å². The van der Waals surface area contributed by atoms with Crippen molar-refractivity contribution in [3.8, 4) is 0 Å². The molecule has 0 amide bonds. The van der Waals surface area contributed by atoms with Gasteiger partial charge in [0.05, 0.1) is 0 Å². The number of carbonyl (C=O) groups excluding carboxylic acids is 1. The van der Waals surface area contributed by atoms with E-state index in [4.69, 9.17) is 4.74 Å². The number of ether oxygens (including phenoxy) is 1. The van der Waals surface area contributed by atoms with Gasteiger partial charge in [0.1, 0.15) is 0 Å². The number of aryl methyl sites for hydroxylation is 1. The molecular weight excluding hydrogens is 176 g/mol. The first-order chi connectivity index (χ1) is 6.60. The standard InChI is InChI=1S/C12H12O2/c1-9-3-5-10(6-4-9)12(2)8-7-11(13)14-12/h3-8H,1-2H3. The fourth-order valence-corrected chi connectivity index (χ4v) is 1.54. The number of hydrogen-bond donors (Lipinski definition) is 0. The van der Waals surface area contributed by atoms with E-state index < -0.39 is 5.60 Å². The summed E-state index contributed by atoms with van der Waals surface area (Å²) in [6.45, 7) is 3.92. The smallest absolute Gasteiger partial charge is 0.331 e. The number of carbonyl (C=O) groups is 1. The number of cyclic esters (lactones) is 1. The third-order valence-electron chi connectivity index (χ3n) is 2.47. The first-order valence-electron chi connectivity index (χ1n) is 4.59. The highest BCUT2D eigenvalue weighted by molar-refractivity contribution is 5.85. The molecule has 0 radical (unpaired) electrons. The summed E-state index contributed by atoms with van der Waals surface area (Å²) < 4.78 is 5.22. The second-order valence-corrected chi connectivity index (χ2v) is 3.73. The summed E-state index contributed by atoms with van der Waals surface area (Å²) in [5.74, 6) is -0.270. The number of benzene rings is 1. The molecular formula is C12H12O2. The molecule has 1 aliphatic rings. The third kappa shape index (κ3) is 1.43. The van der Waals surface area contributed by atoms with Crippen molar-refractivity contribution in [1.82, 2.24) is 0 Å². The molecule has 0 spiro atoms. The zero-order chi connectivity index (χ0) is 10.2. The summed E-state index contributed by atoms with van der Waals surface area (Å²) in [5, 5.41) is 0. The van der Waals surface area contributed by atoms with Gasteiger partial charge in [-0.2, -0.15) is 0 Å². The lowest BCUT2D eigenvalue weighted by atomic mass is 9.96. The van der Waals surface area contributed by atoms with Crippen molar-refractivity contribution >= 4 is 5.97 Å². The highest BCUT2D eigenvalue weighted by Crippen LogP contribution is 2.31. The van der Waals surface area contributed by atoms with Crippen LogP contribution in [0, 0.1) is 6.92 Å². The van der Waals surface area contributed by atoms with E-state index >= 15 is 0 Å². The Morgan fingerprint density at radius 1 is 1.21 bits per heavy atom. The number of rotatable bonds is 1. The van der Waals surface area contributed by atoms with Crippen LogP contribution in [0.25, 0.3) is 0 Å². The molecule has 1 unspecified atom stereocenters. The Morgan fingerprint density at radius 2 is 1.86 bits per heavy atom. The quantitative estimate of drug-likeness (QED) is 0.632. The van der Waals surface area contributed by atoms with Gasteiger partial charge in [-0.1, -0.05) is 29.8 Å². The van der Waals surface area contributed by atoms with Crippen molar-refractivity contribution in [2.45, 2.75) is 19.4 Å². The van der Waals surface area contributed by atoms with E-state index in [1.165, 1.54) is 11.6 Å². The summed E-state index contributed by atoms with van der Waals surface area (Å²) >= 11 is 0. The lowest BCUT2D eigenvalue weighted by Crippen LogP contribution is -2.20. The second kappa shape index (κ2) is 2.98. The summed E-state index contributed by atoms with van der Waals surface area (Å²) in [6.07, 6.45) is 3.26. The predicted molar refractivity (Wildman–Crippen MR) is 53.8 cm³/mol. The van der Waals surface area contributed by atoms with Gasteiger partial charge in [0.2, 0.25) is 0 Å². The average molecular weight is 188 g/mol. The summed E-state index contributed by atoms with van der Waals surface area (Å²) in [6, 6.07) is 8.00. The van der Waals surface area contributed by atoms with Crippen molar-refractivity contribution < 1.29 is 9.53 Å². The van der Waals surface area contributed by atoms with Crippen molar-refractivity contribution in [2.24, 2.45) is 0 Å². The topological polar surface area (TPSA) is 26.3 Å². The predicted octanol–water partition coefficient (Wildman–Crippen LogP) is 2.32. The SMILES string of the molecule is Cc1ccc(C2(C)C=CC(=O)O2)cc1. The Hall–Kier alpha value is -1.57. The molecule has 0 fully saturated rings. The Morgan fingerprint density at radius 3 is 2.36 bits per heavy atom. The van der Waals surface area contributed by atoms with E-state index in [1.807, 2.05) is 38.1 Å². The average Bonchev–Trinajstić information content (AvgIpc) is 2.48. The van der Waals surface area contributed by atoms with E-state index in [1.54, 1.807) is 6.08 Å². The highest BCUT2D eigenvalue weighted by atomic mass is 16.6. The van der Waals surface area contributed by atoms with Crippen LogP contribution in [0.2, 0.25) is 0 Å². The zero-order valence-corrected chi connectivity index (χ0v) is 8.28. The Balaban J connectivity index is 2.36. The van der Waals surface area contributed by atoms with E-state index in [9.17, 15) is 4.79 Å². The molecule has 0 aliphatic carbocycles. The molecule has 0 bridgehead atoms. The lowest BCUT2D eigenvalue weighted by Gasteiger charge is -2.21. The van der Waals surface area contributed by atoms with Gasteiger partial charge in [0.25, 0.3) is 0 Å². The maximum atomic E-state index is 11.0. The van der Waals surface area contributed by atoms with Crippen LogP contribution in [0.3, 0.4) is 0 Å².